The van der Waals surface area contributed by atoms with E-state index < -0.39 is 16.6 Å². The first-order chi connectivity index (χ1) is 9.23. The van der Waals surface area contributed by atoms with Gasteiger partial charge in [-0.15, -0.1) is 0 Å². The number of non-ortho nitro benzene ring substituents is 1. The van der Waals surface area contributed by atoms with Gasteiger partial charge in [-0.2, -0.15) is 0 Å². The zero-order valence-corrected chi connectivity index (χ0v) is 13.1. The van der Waals surface area contributed by atoms with Crippen LogP contribution in [0.1, 0.15) is 32.4 Å². The highest BCUT2D eigenvalue weighted by Crippen LogP contribution is 2.20. The average molecular weight is 345 g/mol. The number of alkyl halides is 1. The molecule has 0 fully saturated rings. The van der Waals surface area contributed by atoms with Gasteiger partial charge in [-0.3, -0.25) is 10.1 Å². The lowest BCUT2D eigenvalue weighted by Gasteiger charge is -2.23. The number of ether oxygens (including phenoxy) is 1. The van der Waals surface area contributed by atoms with Crippen LogP contribution >= 0.6 is 15.9 Å². The van der Waals surface area contributed by atoms with Crippen LogP contribution in [-0.2, 0) is 4.74 Å². The Bertz CT molecular complexity index is 482. The molecule has 0 radical (unpaired) electrons. The normalized spacial score (nSPS) is 12.6. The summed E-state index contributed by atoms with van der Waals surface area (Å²) in [5.41, 5.74) is 0.203. The Labute approximate surface area is 125 Å². The third-order valence-corrected chi connectivity index (χ3v) is 3.00. The lowest BCUT2D eigenvalue weighted by atomic mass is 10.1. The van der Waals surface area contributed by atoms with Gasteiger partial charge in [0.15, 0.2) is 0 Å². The Morgan fingerprint density at radius 2 is 1.95 bits per heavy atom. The van der Waals surface area contributed by atoms with Gasteiger partial charge in [-0.25, -0.2) is 4.79 Å². The van der Waals surface area contributed by atoms with E-state index in [0.29, 0.717) is 5.33 Å². The van der Waals surface area contributed by atoms with Crippen molar-refractivity contribution >= 4 is 27.7 Å². The number of hydrogen-bond donors (Lipinski definition) is 1. The molecule has 0 aromatic heterocycles. The number of alkyl carbamates (subject to hydrolysis) is 1. The summed E-state index contributed by atoms with van der Waals surface area (Å²) in [5, 5.41) is 13.8. The monoisotopic (exact) mass is 344 g/mol. The Hall–Kier alpha value is -1.63. The molecule has 1 atom stereocenters. The first-order valence-electron chi connectivity index (χ1n) is 6.03. The predicted octanol–water partition coefficient (Wildman–Crippen LogP) is 3.56. The number of nitrogens with one attached hydrogen (secondary N) is 1. The molecule has 6 nitrogen and oxygen atoms in total. The van der Waals surface area contributed by atoms with Crippen LogP contribution in [0.3, 0.4) is 0 Å². The van der Waals surface area contributed by atoms with E-state index in [1.165, 1.54) is 12.1 Å². The maximum absolute atomic E-state index is 11.7. The first-order valence-corrected chi connectivity index (χ1v) is 7.15. The molecule has 110 valence electrons. The summed E-state index contributed by atoms with van der Waals surface area (Å²) < 4.78 is 5.17. The van der Waals surface area contributed by atoms with Crippen LogP contribution in [0.25, 0.3) is 0 Å². The number of carbonyl (C=O) groups excluding carboxylic acids is 1. The summed E-state index contributed by atoms with van der Waals surface area (Å²) >= 11 is 3.30. The standard InChI is InChI=1S/C13H17BrN2O4/c1-13(2,3)20-12(17)15-11(8-14)9-4-6-10(7-5-9)16(18)19/h4-7,11H,8H2,1-3H3,(H,15,17). The number of nitro groups is 1. The van der Waals surface area contributed by atoms with Crippen molar-refractivity contribution in [2.45, 2.75) is 32.4 Å². The predicted molar refractivity (Wildman–Crippen MR) is 79.0 cm³/mol. The molecule has 1 unspecified atom stereocenters. The third kappa shape index (κ3) is 5.16. The fourth-order valence-corrected chi connectivity index (χ4v) is 2.02. The summed E-state index contributed by atoms with van der Waals surface area (Å²) in [7, 11) is 0. The number of carbonyl (C=O) groups is 1. The van der Waals surface area contributed by atoms with E-state index in [0.717, 1.165) is 5.56 Å². The Kier molecular flexibility index (Phi) is 5.50. The van der Waals surface area contributed by atoms with Crippen molar-refractivity contribution in [2.24, 2.45) is 0 Å². The van der Waals surface area contributed by atoms with Gasteiger partial charge in [0.2, 0.25) is 0 Å². The first kappa shape index (κ1) is 16.4. The maximum Gasteiger partial charge on any atom is 0.408 e. The quantitative estimate of drug-likeness (QED) is 0.514. The number of rotatable bonds is 4. The van der Waals surface area contributed by atoms with E-state index in [2.05, 4.69) is 21.2 Å². The summed E-state index contributed by atoms with van der Waals surface area (Å²) in [6, 6.07) is 5.72. The molecule has 0 saturated carbocycles. The molecule has 0 heterocycles. The van der Waals surface area contributed by atoms with Gasteiger partial charge in [0.05, 0.1) is 11.0 Å². The minimum atomic E-state index is -0.573. The van der Waals surface area contributed by atoms with Gasteiger partial charge in [0.25, 0.3) is 5.69 Å². The van der Waals surface area contributed by atoms with Crippen molar-refractivity contribution in [3.8, 4) is 0 Å². The fourth-order valence-electron chi connectivity index (χ4n) is 1.49. The topological polar surface area (TPSA) is 81.5 Å². The van der Waals surface area contributed by atoms with E-state index in [-0.39, 0.29) is 11.7 Å². The zero-order valence-electron chi connectivity index (χ0n) is 11.6. The molecule has 1 N–H and O–H groups in total. The number of hydrogen-bond acceptors (Lipinski definition) is 4. The van der Waals surface area contributed by atoms with Gasteiger partial charge < -0.3 is 10.1 Å². The van der Waals surface area contributed by atoms with Crippen LogP contribution in [0.4, 0.5) is 10.5 Å². The number of nitrogens with zero attached hydrogens (tertiary/aromatic N) is 1. The highest BCUT2D eigenvalue weighted by molar-refractivity contribution is 9.09. The van der Waals surface area contributed by atoms with Crippen molar-refractivity contribution in [1.82, 2.24) is 5.32 Å². The lowest BCUT2D eigenvalue weighted by Crippen LogP contribution is -2.35. The average Bonchev–Trinajstić information content (AvgIpc) is 2.34. The lowest BCUT2D eigenvalue weighted by molar-refractivity contribution is -0.384. The molecule has 0 spiro atoms. The molecule has 1 amide bonds. The smallest absolute Gasteiger partial charge is 0.408 e. The van der Waals surface area contributed by atoms with Crippen molar-refractivity contribution < 1.29 is 14.5 Å². The van der Waals surface area contributed by atoms with Crippen molar-refractivity contribution in [3.05, 3.63) is 39.9 Å². The van der Waals surface area contributed by atoms with E-state index >= 15 is 0 Å². The van der Waals surface area contributed by atoms with E-state index in [4.69, 9.17) is 4.74 Å². The number of halogens is 1. The van der Waals surface area contributed by atoms with Crippen LogP contribution in [0.5, 0.6) is 0 Å². The third-order valence-electron chi connectivity index (χ3n) is 2.35. The van der Waals surface area contributed by atoms with Gasteiger partial charge in [-0.1, -0.05) is 28.1 Å². The molecule has 7 heteroatoms. The second-order valence-corrected chi connectivity index (χ2v) is 5.85. The highest BCUT2D eigenvalue weighted by Gasteiger charge is 2.20. The molecule has 0 aliphatic carbocycles. The fraction of sp³-hybridized carbons (Fsp3) is 0.462. The number of benzene rings is 1. The van der Waals surface area contributed by atoms with Gasteiger partial charge in [0.1, 0.15) is 5.60 Å². The van der Waals surface area contributed by atoms with Crippen LogP contribution < -0.4 is 5.32 Å². The number of amides is 1. The number of nitro benzene ring substituents is 1. The Morgan fingerprint density at radius 1 is 1.40 bits per heavy atom. The van der Waals surface area contributed by atoms with Crippen LogP contribution in [0, 0.1) is 10.1 Å². The van der Waals surface area contributed by atoms with Gasteiger partial charge in [-0.05, 0) is 26.3 Å². The van der Waals surface area contributed by atoms with Crippen molar-refractivity contribution in [1.29, 1.82) is 0 Å². The molecular formula is C13H17BrN2O4. The molecule has 0 saturated heterocycles. The SMILES string of the molecule is CC(C)(C)OC(=O)NC(CBr)c1ccc([N+](=O)[O-])cc1. The minimum absolute atomic E-state index is 0.0133. The van der Waals surface area contributed by atoms with Crippen molar-refractivity contribution in [2.75, 3.05) is 5.33 Å². The van der Waals surface area contributed by atoms with Gasteiger partial charge >= 0.3 is 6.09 Å². The van der Waals surface area contributed by atoms with E-state index in [1.807, 2.05) is 0 Å². The largest absolute Gasteiger partial charge is 0.444 e. The van der Waals surface area contributed by atoms with Crippen LogP contribution in [0.15, 0.2) is 24.3 Å². The highest BCUT2D eigenvalue weighted by atomic mass is 79.9. The van der Waals surface area contributed by atoms with Crippen LogP contribution in [-0.4, -0.2) is 21.9 Å². The molecule has 20 heavy (non-hydrogen) atoms. The van der Waals surface area contributed by atoms with E-state index in [9.17, 15) is 14.9 Å². The molecule has 1 aromatic rings. The molecule has 0 bridgehead atoms. The second-order valence-electron chi connectivity index (χ2n) is 5.20. The Balaban J connectivity index is 2.75. The zero-order chi connectivity index (χ0) is 15.3. The van der Waals surface area contributed by atoms with E-state index in [1.54, 1.807) is 32.9 Å². The molecular weight excluding hydrogens is 328 g/mol. The second kappa shape index (κ2) is 6.69. The summed E-state index contributed by atoms with van der Waals surface area (Å²) in [6.45, 7) is 5.34. The summed E-state index contributed by atoms with van der Waals surface area (Å²) in [6.07, 6.45) is -0.527. The molecule has 1 rings (SSSR count). The van der Waals surface area contributed by atoms with Crippen molar-refractivity contribution in [3.63, 3.8) is 0 Å². The summed E-state index contributed by atoms with van der Waals surface area (Å²) in [4.78, 5) is 21.8. The minimum Gasteiger partial charge on any atom is -0.444 e. The van der Waals surface area contributed by atoms with Gasteiger partial charge in [0, 0.05) is 17.5 Å². The summed E-state index contributed by atoms with van der Waals surface area (Å²) in [5.74, 6) is 0. The van der Waals surface area contributed by atoms with Crippen LogP contribution in [0.2, 0.25) is 0 Å². The molecule has 0 aliphatic heterocycles. The molecule has 0 aliphatic rings. The Morgan fingerprint density at radius 3 is 2.35 bits per heavy atom. The molecule has 1 aromatic carbocycles. The maximum atomic E-state index is 11.7.